The summed E-state index contributed by atoms with van der Waals surface area (Å²) in [6, 6.07) is 0. The summed E-state index contributed by atoms with van der Waals surface area (Å²) in [6.07, 6.45) is 0. The maximum atomic E-state index is 9.80. The molecule has 0 aromatic heterocycles. The number of nitrogens with zero attached hydrogens (tertiary/aromatic N) is 1. The first-order chi connectivity index (χ1) is 4.43. The van der Waals surface area contributed by atoms with Gasteiger partial charge in [-0.1, -0.05) is 0 Å². The lowest BCUT2D eigenvalue weighted by molar-refractivity contribution is -0.171. The van der Waals surface area contributed by atoms with Crippen LogP contribution in [-0.4, -0.2) is 36.1 Å². The van der Waals surface area contributed by atoms with Gasteiger partial charge in [0.2, 0.25) is 0 Å². The fraction of sp³-hybridized carbons (Fsp3) is 0.800. The van der Waals surface area contributed by atoms with Crippen molar-refractivity contribution in [3.05, 3.63) is 0 Å². The van der Waals surface area contributed by atoms with Gasteiger partial charge in [0.05, 0.1) is 0 Å². The van der Waals surface area contributed by atoms with E-state index in [1.807, 2.05) is 11.8 Å². The minimum Gasteiger partial charge on any atom is -0.371 e. The lowest BCUT2D eigenvalue weighted by Gasteiger charge is -2.22. The van der Waals surface area contributed by atoms with Crippen molar-refractivity contribution in [3.63, 3.8) is 0 Å². The monoisotopic (exact) mass is 183 g/mol. The van der Waals surface area contributed by atoms with Crippen LogP contribution in [0.25, 0.3) is 0 Å². The molecule has 0 saturated carbocycles. The molecule has 0 aromatic rings. The molecule has 1 fully saturated rings. The van der Waals surface area contributed by atoms with Gasteiger partial charge in [-0.2, -0.15) is 11.8 Å². The molecule has 1 saturated heterocycles. The number of carbonyl (C=O) groups excluding carboxylic acids is 1. The molecule has 0 atom stereocenters. The first kappa shape index (κ1) is 10.1. The van der Waals surface area contributed by atoms with Crippen LogP contribution >= 0.6 is 24.2 Å². The smallest absolute Gasteiger partial charge is 0.312 e. The molecular weight excluding hydrogens is 174 g/mol. The summed E-state index contributed by atoms with van der Waals surface area (Å²) in [5.74, 6) is 2.13. The third-order valence-corrected chi connectivity index (χ3v) is 2.10. The van der Waals surface area contributed by atoms with Crippen LogP contribution in [-0.2, 0) is 9.63 Å². The van der Waals surface area contributed by atoms with E-state index in [4.69, 9.17) is 0 Å². The zero-order valence-corrected chi connectivity index (χ0v) is 7.12. The summed E-state index contributed by atoms with van der Waals surface area (Å²) in [5.41, 5.74) is 0. The van der Waals surface area contributed by atoms with Crippen molar-refractivity contribution in [1.29, 1.82) is 0 Å². The summed E-state index contributed by atoms with van der Waals surface area (Å²) in [7, 11) is 0. The highest BCUT2D eigenvalue weighted by Gasteiger charge is 2.09. The van der Waals surface area contributed by atoms with E-state index < -0.39 is 0 Å². The van der Waals surface area contributed by atoms with E-state index >= 15 is 0 Å². The Morgan fingerprint density at radius 3 is 2.50 bits per heavy atom. The second-order valence-electron chi connectivity index (χ2n) is 1.74. The molecule has 0 spiro atoms. The van der Waals surface area contributed by atoms with Crippen LogP contribution in [0.3, 0.4) is 0 Å². The Balaban J connectivity index is 0.000000810. The maximum Gasteiger partial charge on any atom is 0.312 e. The van der Waals surface area contributed by atoms with Crippen molar-refractivity contribution in [2.24, 2.45) is 0 Å². The second kappa shape index (κ2) is 5.82. The lowest BCUT2D eigenvalue weighted by atomic mass is 10.6. The van der Waals surface area contributed by atoms with E-state index in [1.165, 1.54) is 0 Å². The molecule has 0 bridgehead atoms. The van der Waals surface area contributed by atoms with Crippen LogP contribution in [0, 0.1) is 0 Å². The van der Waals surface area contributed by atoms with Crippen LogP contribution in [0.2, 0.25) is 0 Å². The quantitative estimate of drug-likeness (QED) is 0.585. The maximum absolute atomic E-state index is 9.80. The van der Waals surface area contributed by atoms with E-state index in [1.54, 1.807) is 5.06 Å². The van der Waals surface area contributed by atoms with Crippen molar-refractivity contribution >= 4 is 30.6 Å². The van der Waals surface area contributed by atoms with Crippen molar-refractivity contribution < 1.29 is 9.63 Å². The predicted molar refractivity (Wildman–Crippen MR) is 43.3 cm³/mol. The Hall–Kier alpha value is 0.0700. The predicted octanol–water partition coefficient (Wildman–Crippen LogP) is 0.545. The van der Waals surface area contributed by atoms with Gasteiger partial charge in [-0.15, -0.1) is 17.5 Å². The Bertz CT molecular complexity index is 97.6. The van der Waals surface area contributed by atoms with E-state index in [0.29, 0.717) is 6.47 Å². The molecular formula is C5H10ClNO2S. The fourth-order valence-corrected chi connectivity index (χ4v) is 1.58. The first-order valence-electron chi connectivity index (χ1n) is 2.86. The molecule has 0 N–H and O–H groups in total. The molecule has 1 heterocycles. The molecule has 0 aromatic carbocycles. The van der Waals surface area contributed by atoms with E-state index in [-0.39, 0.29) is 12.4 Å². The van der Waals surface area contributed by atoms with Crippen LogP contribution < -0.4 is 0 Å². The minimum atomic E-state index is 0. The van der Waals surface area contributed by atoms with Crippen molar-refractivity contribution in [3.8, 4) is 0 Å². The third-order valence-electron chi connectivity index (χ3n) is 1.16. The molecule has 5 heteroatoms. The number of thioether (sulfide) groups is 1. The highest BCUT2D eigenvalue weighted by molar-refractivity contribution is 7.99. The average Bonchev–Trinajstić information content (AvgIpc) is 1.91. The third kappa shape index (κ3) is 3.29. The van der Waals surface area contributed by atoms with Gasteiger partial charge in [0.1, 0.15) is 0 Å². The van der Waals surface area contributed by atoms with Gasteiger partial charge in [0.15, 0.2) is 0 Å². The van der Waals surface area contributed by atoms with Crippen molar-refractivity contribution in [1.82, 2.24) is 5.06 Å². The average molecular weight is 184 g/mol. The molecule has 1 aliphatic rings. The first-order valence-corrected chi connectivity index (χ1v) is 4.02. The fourth-order valence-electron chi connectivity index (χ4n) is 0.713. The van der Waals surface area contributed by atoms with Gasteiger partial charge in [0, 0.05) is 24.6 Å². The standard InChI is InChI=1S/C5H9NO2S.ClH/c7-5-8-6-1-3-9-4-2-6;/h5H,1-4H2;1H. The van der Waals surface area contributed by atoms with Gasteiger partial charge >= 0.3 is 6.47 Å². The van der Waals surface area contributed by atoms with Crippen molar-refractivity contribution in [2.45, 2.75) is 0 Å². The Labute approximate surface area is 70.5 Å². The Morgan fingerprint density at radius 1 is 1.40 bits per heavy atom. The van der Waals surface area contributed by atoms with E-state index in [0.717, 1.165) is 24.6 Å². The van der Waals surface area contributed by atoms with E-state index in [2.05, 4.69) is 4.84 Å². The van der Waals surface area contributed by atoms with Crippen LogP contribution in [0.5, 0.6) is 0 Å². The second-order valence-corrected chi connectivity index (χ2v) is 2.97. The number of hydroxylamine groups is 2. The number of halogens is 1. The SMILES string of the molecule is Cl.O=CON1CCSCC1. The molecule has 3 nitrogen and oxygen atoms in total. The highest BCUT2D eigenvalue weighted by atomic mass is 35.5. The molecule has 1 rings (SSSR count). The number of rotatable bonds is 2. The molecule has 0 aliphatic carbocycles. The van der Waals surface area contributed by atoms with Gasteiger partial charge in [-0.3, -0.25) is 4.79 Å². The minimum absolute atomic E-state index is 0. The number of hydrogen-bond acceptors (Lipinski definition) is 4. The summed E-state index contributed by atoms with van der Waals surface area (Å²) in [6.45, 7) is 2.21. The Kier molecular flexibility index (Phi) is 5.87. The van der Waals surface area contributed by atoms with Crippen LogP contribution in [0.1, 0.15) is 0 Å². The van der Waals surface area contributed by atoms with Crippen molar-refractivity contribution in [2.75, 3.05) is 24.6 Å². The zero-order chi connectivity index (χ0) is 6.53. The molecule has 60 valence electrons. The van der Waals surface area contributed by atoms with Gasteiger partial charge < -0.3 is 4.84 Å². The summed E-state index contributed by atoms with van der Waals surface area (Å²) >= 11 is 1.89. The highest BCUT2D eigenvalue weighted by Crippen LogP contribution is 2.07. The summed E-state index contributed by atoms with van der Waals surface area (Å²) in [5, 5.41) is 1.68. The van der Waals surface area contributed by atoms with Gasteiger partial charge in [-0.05, 0) is 0 Å². The molecule has 0 radical (unpaired) electrons. The molecule has 0 amide bonds. The summed E-state index contributed by atoms with van der Waals surface area (Å²) < 4.78 is 0. The van der Waals surface area contributed by atoms with Crippen LogP contribution in [0.15, 0.2) is 0 Å². The summed E-state index contributed by atoms with van der Waals surface area (Å²) in [4.78, 5) is 14.4. The molecule has 0 unspecified atom stereocenters. The zero-order valence-electron chi connectivity index (χ0n) is 5.49. The normalized spacial score (nSPS) is 19.2. The Morgan fingerprint density at radius 2 is 2.00 bits per heavy atom. The lowest BCUT2D eigenvalue weighted by Crippen LogP contribution is -2.32. The largest absolute Gasteiger partial charge is 0.371 e. The molecule has 1 aliphatic heterocycles. The topological polar surface area (TPSA) is 29.5 Å². The van der Waals surface area contributed by atoms with Crippen LogP contribution in [0.4, 0.5) is 0 Å². The van der Waals surface area contributed by atoms with Gasteiger partial charge in [0.25, 0.3) is 0 Å². The van der Waals surface area contributed by atoms with E-state index in [9.17, 15) is 4.79 Å². The number of carbonyl (C=O) groups is 1. The van der Waals surface area contributed by atoms with Gasteiger partial charge in [-0.25, -0.2) is 0 Å². The molecule has 10 heavy (non-hydrogen) atoms. The number of hydrogen-bond donors (Lipinski definition) is 0.